The number of aromatic hydroxyl groups is 2. The highest BCUT2D eigenvalue weighted by molar-refractivity contribution is 7.99. The van der Waals surface area contributed by atoms with E-state index in [1.807, 2.05) is 31.9 Å². The molecule has 0 amide bonds. The minimum Gasteiger partial charge on any atom is -0.504 e. The maximum atomic E-state index is 12.9. The number of piperazine rings is 1. The Hall–Kier alpha value is -3.96. The van der Waals surface area contributed by atoms with Crippen LogP contribution in [0.1, 0.15) is 68.8 Å². The van der Waals surface area contributed by atoms with Crippen molar-refractivity contribution in [2.75, 3.05) is 47.0 Å². The number of benzene rings is 3. The maximum Gasteiger partial charge on any atom is 0.308 e. The van der Waals surface area contributed by atoms with Crippen LogP contribution in [0.4, 0.5) is 0 Å². The maximum absolute atomic E-state index is 12.9. The molecule has 0 aliphatic carbocycles. The van der Waals surface area contributed by atoms with Gasteiger partial charge in [-0.2, -0.15) is 0 Å². The Morgan fingerprint density at radius 2 is 1.80 bits per heavy atom. The van der Waals surface area contributed by atoms with Crippen LogP contribution in [0.3, 0.4) is 0 Å². The monoisotopic (exact) mass is 763 g/mol. The third-order valence-electron chi connectivity index (χ3n) is 12.4. The highest BCUT2D eigenvalue weighted by Gasteiger charge is 2.61. The Balaban J connectivity index is 1.32. The zero-order valence-electron chi connectivity index (χ0n) is 31.0. The Labute approximate surface area is 316 Å². The van der Waals surface area contributed by atoms with Crippen LogP contribution in [0.2, 0.25) is 0 Å². The van der Waals surface area contributed by atoms with E-state index < -0.39 is 47.4 Å². The van der Waals surface area contributed by atoms with E-state index in [9.17, 15) is 25.2 Å². The number of methoxy groups -OCH3 is 2. The second-order valence-electron chi connectivity index (χ2n) is 15.1. The van der Waals surface area contributed by atoms with Crippen molar-refractivity contribution in [3.63, 3.8) is 0 Å². The van der Waals surface area contributed by atoms with E-state index in [0.717, 1.165) is 22.3 Å². The second-order valence-corrected chi connectivity index (χ2v) is 16.2. The topological polar surface area (TPSA) is 172 Å². The fourth-order valence-electron chi connectivity index (χ4n) is 10.1. The van der Waals surface area contributed by atoms with Crippen LogP contribution in [0.5, 0.6) is 40.2 Å². The highest BCUT2D eigenvalue weighted by atomic mass is 32.2. The summed E-state index contributed by atoms with van der Waals surface area (Å²) in [5.74, 6) is 1.75. The molecule has 2 fully saturated rings. The van der Waals surface area contributed by atoms with Crippen molar-refractivity contribution >= 4 is 17.7 Å². The molecule has 3 unspecified atom stereocenters. The van der Waals surface area contributed by atoms with Crippen molar-refractivity contribution in [2.45, 2.75) is 81.1 Å². The van der Waals surface area contributed by atoms with Crippen molar-refractivity contribution in [1.29, 1.82) is 0 Å². The number of likely N-dealkylation sites (N-methyl/N-ethyl adjacent to an activating group) is 1. The van der Waals surface area contributed by atoms with Gasteiger partial charge in [0, 0.05) is 47.5 Å². The lowest BCUT2D eigenvalue weighted by Gasteiger charge is -2.62. The fourth-order valence-corrected chi connectivity index (χ4v) is 11.9. The number of phenolic OH excluding ortho intramolecular Hbond substituents is 2. The van der Waals surface area contributed by atoms with E-state index in [4.69, 9.17) is 28.4 Å². The summed E-state index contributed by atoms with van der Waals surface area (Å²) >= 11 is 1.53. The average Bonchev–Trinajstić information content (AvgIpc) is 3.63. The van der Waals surface area contributed by atoms with Crippen molar-refractivity contribution in [3.05, 3.63) is 62.7 Å². The largest absolute Gasteiger partial charge is 0.504 e. The molecule has 7 aliphatic heterocycles. The molecule has 7 aliphatic rings. The predicted octanol–water partition coefficient (Wildman–Crippen LogP) is 3.21. The number of ether oxygens (including phenoxy) is 6. The average molecular weight is 764 g/mol. The first-order valence-corrected chi connectivity index (χ1v) is 19.2. The zero-order valence-corrected chi connectivity index (χ0v) is 31.8. The number of esters is 1. The van der Waals surface area contributed by atoms with E-state index >= 15 is 0 Å². The molecule has 54 heavy (non-hydrogen) atoms. The van der Waals surface area contributed by atoms with Gasteiger partial charge in [0.25, 0.3) is 0 Å². The SMILES string of the molecule is COc1cc2c(cc1O)CCN[C@]21CS[C@@H]2c3c(OC(C)=O)c(C)c4c(c3[C@H](COC1O)N1C2C2c3c(cc(C)c(OC)c3O)C[C@H]([C@@H]1O)N2C)OCO4. The zero-order chi connectivity index (χ0) is 38.0. The van der Waals surface area contributed by atoms with Gasteiger partial charge in [-0.1, -0.05) is 6.07 Å². The van der Waals surface area contributed by atoms with E-state index in [0.29, 0.717) is 64.6 Å². The van der Waals surface area contributed by atoms with Gasteiger partial charge in [-0.3, -0.25) is 14.6 Å². The Morgan fingerprint density at radius 1 is 1.02 bits per heavy atom. The summed E-state index contributed by atoms with van der Waals surface area (Å²) in [4.78, 5) is 17.1. The summed E-state index contributed by atoms with van der Waals surface area (Å²) in [5.41, 5.74) is 4.84. The van der Waals surface area contributed by atoms with Gasteiger partial charge in [-0.05, 0) is 68.1 Å². The van der Waals surface area contributed by atoms with Crippen molar-refractivity contribution in [1.82, 2.24) is 15.1 Å². The first-order chi connectivity index (χ1) is 25.9. The predicted molar refractivity (Wildman–Crippen MR) is 196 cm³/mol. The molecule has 2 saturated heterocycles. The van der Waals surface area contributed by atoms with Gasteiger partial charge in [0.1, 0.15) is 17.5 Å². The molecule has 0 saturated carbocycles. The molecule has 15 heteroatoms. The van der Waals surface area contributed by atoms with Crippen molar-refractivity contribution in [2.24, 2.45) is 0 Å². The molecule has 4 bridgehead atoms. The highest BCUT2D eigenvalue weighted by Crippen LogP contribution is 2.64. The Kier molecular flexibility index (Phi) is 8.47. The number of aliphatic hydroxyl groups is 2. The van der Waals surface area contributed by atoms with Gasteiger partial charge < -0.3 is 54.2 Å². The molecule has 1 spiro atoms. The minimum absolute atomic E-state index is 0.00708. The number of phenols is 2. The van der Waals surface area contributed by atoms with Crippen LogP contribution in [0.25, 0.3) is 0 Å². The van der Waals surface area contributed by atoms with Gasteiger partial charge in [0.2, 0.25) is 6.79 Å². The molecule has 8 atom stereocenters. The number of fused-ring (bicyclic) bond motifs is 9. The van der Waals surface area contributed by atoms with E-state index in [1.165, 1.54) is 25.8 Å². The van der Waals surface area contributed by atoms with Gasteiger partial charge in [-0.25, -0.2) is 0 Å². The summed E-state index contributed by atoms with van der Waals surface area (Å²) in [5, 5.41) is 50.6. The number of nitrogens with one attached hydrogen (secondary N) is 1. The summed E-state index contributed by atoms with van der Waals surface area (Å²) in [6.07, 6.45) is -1.31. The number of hydrogen-bond donors (Lipinski definition) is 5. The molecule has 10 rings (SSSR count). The number of thioether (sulfide) groups is 1. The fraction of sp³-hybridized carbons (Fsp3) is 0.513. The lowest BCUT2D eigenvalue weighted by Crippen LogP contribution is -2.70. The van der Waals surface area contributed by atoms with Crippen LogP contribution in [-0.2, 0) is 27.9 Å². The van der Waals surface area contributed by atoms with Crippen LogP contribution in [-0.4, -0.2) is 108 Å². The molecular weight excluding hydrogens is 719 g/mol. The van der Waals surface area contributed by atoms with Crippen LogP contribution in [0, 0.1) is 13.8 Å². The number of rotatable bonds is 3. The molecule has 288 valence electrons. The van der Waals surface area contributed by atoms with Gasteiger partial charge in [0.15, 0.2) is 40.8 Å². The van der Waals surface area contributed by atoms with Gasteiger partial charge in [0.05, 0.1) is 44.2 Å². The summed E-state index contributed by atoms with van der Waals surface area (Å²) < 4.78 is 36.2. The summed E-state index contributed by atoms with van der Waals surface area (Å²) in [6, 6.07) is 3.38. The molecule has 5 N–H and O–H groups in total. The van der Waals surface area contributed by atoms with Crippen LogP contribution < -0.4 is 29.0 Å². The van der Waals surface area contributed by atoms with Crippen molar-refractivity contribution in [3.8, 4) is 40.2 Å². The van der Waals surface area contributed by atoms with Gasteiger partial charge >= 0.3 is 5.97 Å². The van der Waals surface area contributed by atoms with Gasteiger partial charge in [-0.15, -0.1) is 11.8 Å². The summed E-state index contributed by atoms with van der Waals surface area (Å²) in [6.45, 7) is 5.47. The molecule has 0 aromatic heterocycles. The number of aryl methyl sites for hydroxylation is 1. The normalized spacial score (nSPS) is 30.9. The standard InChI is InChI=1S/C39H45N3O11S/c1-16-9-20-10-22-37(46)42-23-13-50-38(47)39(21-12-25(48-5)24(44)11-19(21)7-8-40-39)14-54-36(30(42)29(41(22)4)26(20)31(45)32(16)49-6)28-27(23)35-34(51-15-52-35)17(2)33(28)53-18(3)43/h9,11-12,22-23,29-30,36-38,40,44-47H,7-8,10,13-15H2,1-6H3/t22-,23+,29?,30?,36-,37+,38?,39-/m1/s1. The number of carbonyl (C=O) groups excluding carboxylic acids is 1. The number of carbonyl (C=O) groups is 1. The second kappa shape index (κ2) is 12.8. The van der Waals surface area contributed by atoms with Crippen molar-refractivity contribution < 1.29 is 53.6 Å². The van der Waals surface area contributed by atoms with E-state index in [2.05, 4.69) is 10.2 Å². The lowest BCUT2D eigenvalue weighted by molar-refractivity contribution is -0.207. The van der Waals surface area contributed by atoms with Crippen LogP contribution in [0.15, 0.2) is 18.2 Å². The molecule has 3 aromatic carbocycles. The number of aliphatic hydroxyl groups excluding tert-OH is 2. The smallest absolute Gasteiger partial charge is 0.308 e. The molecule has 14 nitrogen and oxygen atoms in total. The molecular formula is C39H45N3O11S. The first-order valence-electron chi connectivity index (χ1n) is 18.2. The van der Waals surface area contributed by atoms with E-state index in [1.54, 1.807) is 19.2 Å². The summed E-state index contributed by atoms with van der Waals surface area (Å²) in [7, 11) is 5.00. The quantitative estimate of drug-likeness (QED) is 0.195. The minimum atomic E-state index is -1.37. The Bertz CT molecular complexity index is 2080. The molecule has 7 heterocycles. The van der Waals surface area contributed by atoms with Crippen LogP contribution >= 0.6 is 11.8 Å². The van der Waals surface area contributed by atoms with E-state index in [-0.39, 0.29) is 42.4 Å². The third-order valence-corrected chi connectivity index (χ3v) is 13.9. The molecule has 0 radical (unpaired) electrons. The number of hydrogen-bond acceptors (Lipinski definition) is 15. The Morgan fingerprint density at radius 3 is 2.54 bits per heavy atom. The third kappa shape index (κ3) is 4.85. The number of nitrogens with zero attached hydrogens (tertiary/aromatic N) is 2. The first kappa shape index (κ1) is 35.7. The molecule has 3 aromatic rings. The lowest BCUT2D eigenvalue weighted by atomic mass is 9.73.